The molecule has 1 aromatic carbocycles. The van der Waals surface area contributed by atoms with Crippen molar-refractivity contribution in [2.45, 2.75) is 47.2 Å². The topological polar surface area (TPSA) is 33.1 Å². The number of halogens is 1. The van der Waals surface area contributed by atoms with E-state index in [0.29, 0.717) is 5.92 Å². The van der Waals surface area contributed by atoms with E-state index in [4.69, 9.17) is 4.98 Å². The van der Waals surface area contributed by atoms with Crippen molar-refractivity contribution >= 4 is 34.2 Å². The van der Waals surface area contributed by atoms with Crippen LogP contribution in [0.15, 0.2) is 36.5 Å². The summed E-state index contributed by atoms with van der Waals surface area (Å²) >= 11 is 0. The molecule has 154 valence electrons. The van der Waals surface area contributed by atoms with Gasteiger partial charge in [0.25, 0.3) is 0 Å². The third-order valence-electron chi connectivity index (χ3n) is 5.32. The first kappa shape index (κ1) is 22.7. The van der Waals surface area contributed by atoms with Crippen LogP contribution in [-0.2, 0) is 13.1 Å². The maximum absolute atomic E-state index is 4.74. The summed E-state index contributed by atoms with van der Waals surface area (Å²) in [6.45, 7) is 15.3. The molecule has 0 radical (unpaired) electrons. The molecule has 3 aromatic rings. The molecule has 28 heavy (non-hydrogen) atoms. The van der Waals surface area contributed by atoms with Gasteiger partial charge in [-0.2, -0.15) is 0 Å². The summed E-state index contributed by atoms with van der Waals surface area (Å²) in [5.41, 5.74) is 3.77. The SMILES string of the molecule is CCN(CC)CCCNCc1nccc2c3ccccc3n(CC(C)C)c12.Cl. The van der Waals surface area contributed by atoms with Crippen LogP contribution in [0, 0.1) is 5.92 Å². The molecule has 0 aliphatic heterocycles. The van der Waals surface area contributed by atoms with Crippen molar-refractivity contribution in [2.75, 3.05) is 26.2 Å². The highest BCUT2D eigenvalue weighted by Crippen LogP contribution is 2.31. The Morgan fingerprint density at radius 1 is 1.07 bits per heavy atom. The van der Waals surface area contributed by atoms with Gasteiger partial charge in [-0.25, -0.2) is 0 Å². The Kier molecular flexibility index (Phi) is 8.74. The van der Waals surface area contributed by atoms with Gasteiger partial charge in [0.15, 0.2) is 0 Å². The predicted molar refractivity (Wildman–Crippen MR) is 123 cm³/mol. The number of pyridine rings is 1. The summed E-state index contributed by atoms with van der Waals surface area (Å²) in [6, 6.07) is 10.9. The largest absolute Gasteiger partial charge is 0.339 e. The molecule has 0 aliphatic carbocycles. The fourth-order valence-corrected chi connectivity index (χ4v) is 3.93. The van der Waals surface area contributed by atoms with Crippen LogP contribution in [0.5, 0.6) is 0 Å². The summed E-state index contributed by atoms with van der Waals surface area (Å²) in [6.07, 6.45) is 3.13. The lowest BCUT2D eigenvalue weighted by atomic mass is 10.1. The number of nitrogens with one attached hydrogen (secondary N) is 1. The van der Waals surface area contributed by atoms with E-state index in [1.807, 2.05) is 6.20 Å². The third-order valence-corrected chi connectivity index (χ3v) is 5.32. The molecule has 0 fully saturated rings. The van der Waals surface area contributed by atoms with Crippen molar-refractivity contribution in [1.82, 2.24) is 19.8 Å². The van der Waals surface area contributed by atoms with Gasteiger partial charge in [0.05, 0.1) is 11.2 Å². The number of nitrogens with zero attached hydrogens (tertiary/aromatic N) is 3. The van der Waals surface area contributed by atoms with Crippen LogP contribution >= 0.6 is 12.4 Å². The number of rotatable bonds is 10. The van der Waals surface area contributed by atoms with Crippen LogP contribution in [0.1, 0.15) is 39.8 Å². The summed E-state index contributed by atoms with van der Waals surface area (Å²) in [4.78, 5) is 7.21. The molecule has 5 heteroatoms. The zero-order valence-corrected chi connectivity index (χ0v) is 18.6. The van der Waals surface area contributed by atoms with E-state index >= 15 is 0 Å². The highest BCUT2D eigenvalue weighted by Gasteiger charge is 2.15. The Balaban J connectivity index is 0.00000280. The van der Waals surface area contributed by atoms with E-state index in [2.05, 4.69) is 72.8 Å². The lowest BCUT2D eigenvalue weighted by Gasteiger charge is -2.17. The van der Waals surface area contributed by atoms with Crippen LogP contribution < -0.4 is 5.32 Å². The molecule has 0 atom stereocenters. The lowest BCUT2D eigenvalue weighted by Crippen LogP contribution is -2.27. The molecule has 0 aliphatic rings. The molecule has 4 nitrogen and oxygen atoms in total. The molecule has 0 spiro atoms. The number of hydrogen-bond acceptors (Lipinski definition) is 3. The Morgan fingerprint density at radius 3 is 2.54 bits per heavy atom. The van der Waals surface area contributed by atoms with Gasteiger partial charge in [-0.05, 0) is 50.7 Å². The highest BCUT2D eigenvalue weighted by molar-refractivity contribution is 6.08. The van der Waals surface area contributed by atoms with E-state index in [1.165, 1.54) is 28.2 Å². The third kappa shape index (κ3) is 5.05. The monoisotopic (exact) mass is 402 g/mol. The highest BCUT2D eigenvalue weighted by atomic mass is 35.5. The normalized spacial score (nSPS) is 11.6. The van der Waals surface area contributed by atoms with Crippen molar-refractivity contribution in [3.05, 3.63) is 42.2 Å². The van der Waals surface area contributed by atoms with Crippen molar-refractivity contribution in [2.24, 2.45) is 5.92 Å². The van der Waals surface area contributed by atoms with Crippen LogP contribution in [0.4, 0.5) is 0 Å². The molecule has 3 rings (SSSR count). The van der Waals surface area contributed by atoms with Crippen LogP contribution in [0.2, 0.25) is 0 Å². The molecule has 0 amide bonds. The van der Waals surface area contributed by atoms with Gasteiger partial charge in [-0.1, -0.05) is 45.9 Å². The average Bonchev–Trinajstić information content (AvgIpc) is 2.99. The van der Waals surface area contributed by atoms with Gasteiger partial charge in [0, 0.05) is 35.6 Å². The van der Waals surface area contributed by atoms with Crippen molar-refractivity contribution < 1.29 is 0 Å². The molecule has 0 saturated heterocycles. The maximum Gasteiger partial charge on any atom is 0.0784 e. The minimum Gasteiger partial charge on any atom is -0.339 e. The number of benzene rings is 1. The molecular formula is C23H35ClN4. The standard InChI is InChI=1S/C23H34N4.ClH/c1-5-26(6-2)15-9-13-24-16-21-23-20(12-14-25-21)19-10-7-8-11-22(19)27(23)17-18(3)4;/h7-8,10-12,14,18,24H,5-6,9,13,15-17H2,1-4H3;1H. The van der Waals surface area contributed by atoms with Gasteiger partial charge in [-0.3, -0.25) is 4.98 Å². The molecule has 2 heterocycles. The minimum absolute atomic E-state index is 0. The summed E-state index contributed by atoms with van der Waals surface area (Å²) in [7, 11) is 0. The van der Waals surface area contributed by atoms with Crippen LogP contribution in [-0.4, -0.2) is 40.6 Å². The first-order valence-corrected chi connectivity index (χ1v) is 10.4. The Morgan fingerprint density at radius 2 is 1.82 bits per heavy atom. The molecular weight excluding hydrogens is 368 g/mol. The first-order chi connectivity index (χ1) is 13.2. The van der Waals surface area contributed by atoms with Gasteiger partial charge < -0.3 is 14.8 Å². The number of hydrogen-bond donors (Lipinski definition) is 1. The van der Waals surface area contributed by atoms with E-state index in [9.17, 15) is 0 Å². The van der Waals surface area contributed by atoms with Gasteiger partial charge in [0.1, 0.15) is 0 Å². The van der Waals surface area contributed by atoms with Crippen molar-refractivity contribution in [3.8, 4) is 0 Å². The van der Waals surface area contributed by atoms with E-state index < -0.39 is 0 Å². The van der Waals surface area contributed by atoms with Crippen LogP contribution in [0.3, 0.4) is 0 Å². The summed E-state index contributed by atoms with van der Waals surface area (Å²) in [5.74, 6) is 0.596. The van der Waals surface area contributed by atoms with E-state index in [1.54, 1.807) is 0 Å². The zero-order chi connectivity index (χ0) is 19.2. The predicted octanol–water partition coefficient (Wildman–Crippen LogP) is 5.09. The fourth-order valence-electron chi connectivity index (χ4n) is 3.93. The maximum atomic E-state index is 4.74. The van der Waals surface area contributed by atoms with Gasteiger partial charge in [-0.15, -0.1) is 12.4 Å². The molecule has 1 N–H and O–H groups in total. The second kappa shape index (κ2) is 10.8. The van der Waals surface area contributed by atoms with Crippen LogP contribution in [0.25, 0.3) is 21.8 Å². The summed E-state index contributed by atoms with van der Waals surface area (Å²) < 4.78 is 2.47. The fraction of sp³-hybridized carbons (Fsp3) is 0.522. The lowest BCUT2D eigenvalue weighted by molar-refractivity contribution is 0.298. The van der Waals surface area contributed by atoms with E-state index in [0.717, 1.165) is 45.0 Å². The van der Waals surface area contributed by atoms with E-state index in [-0.39, 0.29) is 12.4 Å². The van der Waals surface area contributed by atoms with Crippen molar-refractivity contribution in [1.29, 1.82) is 0 Å². The molecule has 2 aromatic heterocycles. The molecule has 0 bridgehead atoms. The Bertz CT molecular complexity index is 868. The number of aromatic nitrogens is 2. The minimum atomic E-state index is 0. The zero-order valence-electron chi connectivity index (χ0n) is 17.7. The molecule has 0 saturated carbocycles. The second-order valence-electron chi connectivity index (χ2n) is 7.73. The quantitative estimate of drug-likeness (QED) is 0.479. The second-order valence-corrected chi connectivity index (χ2v) is 7.73. The molecule has 0 unspecified atom stereocenters. The Hall–Kier alpha value is -1.62. The number of para-hydroxylation sites is 1. The van der Waals surface area contributed by atoms with Crippen molar-refractivity contribution in [3.63, 3.8) is 0 Å². The smallest absolute Gasteiger partial charge is 0.0784 e. The Labute approximate surface area is 175 Å². The number of fused-ring (bicyclic) bond motifs is 3. The summed E-state index contributed by atoms with van der Waals surface area (Å²) in [5, 5.41) is 6.27. The van der Waals surface area contributed by atoms with Gasteiger partial charge in [0.2, 0.25) is 0 Å². The average molecular weight is 403 g/mol. The van der Waals surface area contributed by atoms with Gasteiger partial charge >= 0.3 is 0 Å². The first-order valence-electron chi connectivity index (χ1n) is 10.4.